The summed E-state index contributed by atoms with van der Waals surface area (Å²) in [4.78, 5) is 45.0. The summed E-state index contributed by atoms with van der Waals surface area (Å²) in [5.41, 5.74) is -1.09. The van der Waals surface area contributed by atoms with Gasteiger partial charge in [-0.15, -0.1) is 13.2 Å². The number of unbranched alkanes of at least 4 members (excludes halogenated alkanes) is 3. The average Bonchev–Trinajstić information content (AvgIpc) is 3.54. The minimum absolute atomic E-state index is 0.0320. The highest BCUT2D eigenvalue weighted by atomic mass is 16.6. The molecule has 0 aromatic rings. The van der Waals surface area contributed by atoms with E-state index in [2.05, 4.69) is 20.1 Å². The minimum Gasteiger partial charge on any atom is -0.465 e. The molecule has 1 spiro atoms. The van der Waals surface area contributed by atoms with Crippen LogP contribution in [0.3, 0.4) is 0 Å². The van der Waals surface area contributed by atoms with E-state index in [0.717, 1.165) is 38.5 Å². The Morgan fingerprint density at radius 1 is 1.27 bits per heavy atom. The zero-order valence-corrected chi connectivity index (χ0v) is 22.9. The van der Waals surface area contributed by atoms with Crippen molar-refractivity contribution in [1.29, 1.82) is 0 Å². The van der Waals surface area contributed by atoms with Gasteiger partial charge in [0, 0.05) is 13.1 Å². The molecule has 2 unspecified atom stereocenters. The van der Waals surface area contributed by atoms with Gasteiger partial charge in [-0.25, -0.2) is 0 Å². The summed E-state index contributed by atoms with van der Waals surface area (Å²) in [6, 6.07) is -1.43. The Kier molecular flexibility index (Phi) is 10.4. The molecule has 1 N–H and O–H groups in total. The van der Waals surface area contributed by atoms with Crippen molar-refractivity contribution in [2.24, 2.45) is 17.8 Å². The molecule has 3 heterocycles. The molecule has 0 aromatic heterocycles. The molecule has 0 saturated carbocycles. The summed E-state index contributed by atoms with van der Waals surface area (Å²) in [5.74, 6) is -2.44. The van der Waals surface area contributed by atoms with E-state index in [1.807, 2.05) is 19.9 Å². The summed E-state index contributed by atoms with van der Waals surface area (Å²) in [7, 11) is 0. The van der Waals surface area contributed by atoms with Crippen LogP contribution in [-0.2, 0) is 23.9 Å². The lowest BCUT2D eigenvalue weighted by Crippen LogP contribution is -2.59. The number of aliphatic hydroxyl groups is 1. The van der Waals surface area contributed by atoms with Crippen molar-refractivity contribution in [1.82, 2.24) is 9.80 Å². The molecule has 8 nitrogen and oxygen atoms in total. The number of carbonyl (C=O) groups excluding carboxylic acids is 3. The highest BCUT2D eigenvalue weighted by Crippen LogP contribution is 2.59. The predicted octanol–water partition coefficient (Wildman–Crippen LogP) is 3.48. The Bertz CT molecular complexity index is 846. The standard InChI is InChI=1S/C29H46N2O6/c1-6-10-12-13-18-36-28(35)23-22-14-15-29(37-22)24(23)26(33)31(21(19-32)20(5)9-4)25(29)27(34)30(16-8-3)17-11-7-2/h6,8,20-25,32H,1,3,7,9-19H2,2,4-5H3/t20-,21-,22+,23-,24-,25?,29?/m0/s1. The molecule has 3 fully saturated rings. The normalized spacial score (nSPS) is 29.6. The third-order valence-electron chi connectivity index (χ3n) is 8.58. The molecule has 3 saturated heterocycles. The third kappa shape index (κ3) is 5.51. The number of hydrogen-bond acceptors (Lipinski definition) is 6. The molecule has 0 aromatic carbocycles. The van der Waals surface area contributed by atoms with Crippen LogP contribution in [0.15, 0.2) is 25.3 Å². The molecule has 8 heteroatoms. The SMILES string of the molecule is C=CCCCCOC(=O)[C@@H]1[C@H]2C(=O)N([C@@H](CO)[C@@H](C)CC)C(C(=O)N(CC=C)CCCC)C23CC[C@H]1O3. The van der Waals surface area contributed by atoms with Crippen LogP contribution in [0.1, 0.15) is 72.1 Å². The number of amides is 2. The highest BCUT2D eigenvalue weighted by Gasteiger charge is 2.75. The minimum atomic E-state index is -1.09. The van der Waals surface area contributed by atoms with Gasteiger partial charge < -0.3 is 24.4 Å². The van der Waals surface area contributed by atoms with Crippen LogP contribution < -0.4 is 0 Å². The topological polar surface area (TPSA) is 96.4 Å². The maximum absolute atomic E-state index is 14.2. The van der Waals surface area contributed by atoms with Gasteiger partial charge in [-0.1, -0.05) is 45.8 Å². The van der Waals surface area contributed by atoms with E-state index in [1.165, 1.54) is 0 Å². The number of likely N-dealkylation sites (tertiary alicyclic amines) is 1. The maximum atomic E-state index is 14.2. The Hall–Kier alpha value is -2.19. The smallest absolute Gasteiger partial charge is 0.312 e. The van der Waals surface area contributed by atoms with E-state index in [9.17, 15) is 19.5 Å². The number of ether oxygens (including phenoxy) is 2. The van der Waals surface area contributed by atoms with E-state index in [-0.39, 0.29) is 30.9 Å². The summed E-state index contributed by atoms with van der Waals surface area (Å²) in [5, 5.41) is 10.4. The van der Waals surface area contributed by atoms with E-state index in [1.54, 1.807) is 15.9 Å². The lowest BCUT2D eigenvalue weighted by atomic mass is 9.70. The van der Waals surface area contributed by atoms with Gasteiger partial charge in [-0.3, -0.25) is 14.4 Å². The zero-order valence-electron chi connectivity index (χ0n) is 22.9. The highest BCUT2D eigenvalue weighted by molar-refractivity contribution is 5.98. The lowest BCUT2D eigenvalue weighted by molar-refractivity contribution is -0.157. The fourth-order valence-electron chi connectivity index (χ4n) is 6.44. The molecule has 7 atom stereocenters. The number of rotatable bonds is 16. The first-order valence-corrected chi connectivity index (χ1v) is 14.1. The molecule has 0 aliphatic carbocycles. The number of hydrogen-bond donors (Lipinski definition) is 1. The first kappa shape index (κ1) is 29.4. The molecular formula is C29H46N2O6. The van der Waals surface area contributed by atoms with Crippen LogP contribution in [0.5, 0.6) is 0 Å². The van der Waals surface area contributed by atoms with Gasteiger partial charge in [0.1, 0.15) is 11.6 Å². The van der Waals surface area contributed by atoms with E-state index < -0.39 is 41.6 Å². The van der Waals surface area contributed by atoms with Crippen LogP contribution in [-0.4, -0.2) is 82.8 Å². The fourth-order valence-corrected chi connectivity index (χ4v) is 6.44. The third-order valence-corrected chi connectivity index (χ3v) is 8.58. The van der Waals surface area contributed by atoms with Crippen molar-refractivity contribution in [2.45, 2.75) is 95.9 Å². The monoisotopic (exact) mass is 518 g/mol. The van der Waals surface area contributed by atoms with E-state index in [4.69, 9.17) is 9.47 Å². The number of allylic oxidation sites excluding steroid dienone is 1. The predicted molar refractivity (Wildman–Crippen MR) is 141 cm³/mol. The van der Waals surface area contributed by atoms with Crippen LogP contribution in [0, 0.1) is 17.8 Å². The fraction of sp³-hybridized carbons (Fsp3) is 0.759. The van der Waals surface area contributed by atoms with E-state index in [0.29, 0.717) is 25.9 Å². The number of esters is 1. The Morgan fingerprint density at radius 2 is 2.03 bits per heavy atom. The second-order valence-corrected chi connectivity index (χ2v) is 10.8. The van der Waals surface area contributed by atoms with Crippen LogP contribution in [0.4, 0.5) is 0 Å². The van der Waals surface area contributed by atoms with Crippen LogP contribution in [0.2, 0.25) is 0 Å². The average molecular weight is 519 g/mol. The van der Waals surface area contributed by atoms with Crippen molar-refractivity contribution in [2.75, 3.05) is 26.3 Å². The first-order chi connectivity index (χ1) is 17.8. The molecule has 3 rings (SSSR count). The van der Waals surface area contributed by atoms with Crippen molar-refractivity contribution in [3.63, 3.8) is 0 Å². The molecule has 208 valence electrons. The van der Waals surface area contributed by atoms with E-state index >= 15 is 0 Å². The van der Waals surface area contributed by atoms with Gasteiger partial charge in [-0.05, 0) is 44.4 Å². The zero-order chi connectivity index (χ0) is 27.2. The first-order valence-electron chi connectivity index (χ1n) is 14.1. The van der Waals surface area contributed by atoms with Crippen LogP contribution in [0.25, 0.3) is 0 Å². The van der Waals surface area contributed by atoms with Gasteiger partial charge in [0.2, 0.25) is 11.8 Å². The number of aliphatic hydroxyl groups excluding tert-OH is 1. The van der Waals surface area contributed by atoms with Crippen LogP contribution >= 0.6 is 0 Å². The number of fused-ring (bicyclic) bond motifs is 1. The summed E-state index contributed by atoms with van der Waals surface area (Å²) >= 11 is 0. The van der Waals surface area contributed by atoms with Gasteiger partial charge >= 0.3 is 5.97 Å². The second-order valence-electron chi connectivity index (χ2n) is 10.8. The molecule has 3 aliphatic rings. The molecule has 0 radical (unpaired) electrons. The lowest BCUT2D eigenvalue weighted by Gasteiger charge is -2.41. The second kappa shape index (κ2) is 13.1. The molecule has 3 aliphatic heterocycles. The van der Waals surface area contributed by atoms with Crippen molar-refractivity contribution < 1.29 is 29.0 Å². The van der Waals surface area contributed by atoms with Crippen molar-refractivity contribution in [3.8, 4) is 0 Å². The number of carbonyl (C=O) groups is 3. The van der Waals surface area contributed by atoms with Gasteiger partial charge in [0.05, 0.1) is 37.2 Å². The molecule has 2 bridgehead atoms. The van der Waals surface area contributed by atoms with Gasteiger partial charge in [-0.2, -0.15) is 0 Å². The summed E-state index contributed by atoms with van der Waals surface area (Å²) in [6.45, 7) is 14.5. The molecule has 37 heavy (non-hydrogen) atoms. The Balaban J connectivity index is 1.97. The Morgan fingerprint density at radius 3 is 2.65 bits per heavy atom. The summed E-state index contributed by atoms with van der Waals surface area (Å²) in [6.07, 6.45) is 9.16. The van der Waals surface area contributed by atoms with Crippen molar-refractivity contribution in [3.05, 3.63) is 25.3 Å². The summed E-state index contributed by atoms with van der Waals surface area (Å²) < 4.78 is 12.1. The quantitative estimate of drug-likeness (QED) is 0.191. The number of nitrogens with zero attached hydrogens (tertiary/aromatic N) is 2. The molecule has 2 amide bonds. The van der Waals surface area contributed by atoms with Crippen molar-refractivity contribution >= 4 is 17.8 Å². The maximum Gasteiger partial charge on any atom is 0.312 e. The molecular weight excluding hydrogens is 472 g/mol. The van der Waals surface area contributed by atoms with Gasteiger partial charge in [0.15, 0.2) is 0 Å². The van der Waals surface area contributed by atoms with Gasteiger partial charge in [0.25, 0.3) is 0 Å². The largest absolute Gasteiger partial charge is 0.465 e. The Labute approximate surface area is 222 Å².